The molecule has 188 valence electrons. The van der Waals surface area contributed by atoms with E-state index >= 15 is 0 Å². The minimum absolute atomic E-state index is 0.0701. The van der Waals surface area contributed by atoms with Crippen molar-refractivity contribution in [2.45, 2.75) is 75.4 Å². The molecule has 9 nitrogen and oxygen atoms in total. The number of epoxide rings is 2. The molecule has 12 atom stereocenters. The van der Waals surface area contributed by atoms with Crippen LogP contribution in [0.2, 0.25) is 0 Å². The van der Waals surface area contributed by atoms with Gasteiger partial charge >= 0.3 is 0 Å². The molecule has 3 saturated heterocycles. The summed E-state index contributed by atoms with van der Waals surface area (Å²) in [6.07, 6.45) is -3.61. The number of ether oxygens (including phenoxy) is 4. The summed E-state index contributed by atoms with van der Waals surface area (Å²) in [5.41, 5.74) is 2.41. The first-order valence-corrected chi connectivity index (χ1v) is 12.7. The molecule has 1 aromatic rings. The lowest BCUT2D eigenvalue weighted by atomic mass is 9.45. The summed E-state index contributed by atoms with van der Waals surface area (Å²) in [7, 11) is 0. The molecule has 1 saturated carbocycles. The van der Waals surface area contributed by atoms with Gasteiger partial charge in [-0.3, -0.25) is 4.79 Å². The number of carbonyl (C=O) groups excluding carboxylic acids is 1. The van der Waals surface area contributed by atoms with Gasteiger partial charge in [-0.05, 0) is 25.0 Å². The number of rotatable bonds is 3. The van der Waals surface area contributed by atoms with Crippen LogP contribution >= 0.6 is 0 Å². The van der Waals surface area contributed by atoms with Crippen LogP contribution in [0.5, 0.6) is 0 Å². The number of hydrogen-bond donors (Lipinski definition) is 2. The van der Waals surface area contributed by atoms with E-state index in [2.05, 4.69) is 5.16 Å². The topological polar surface area (TPSA) is 123 Å². The molecule has 2 N–H and O–H groups in total. The Morgan fingerprint density at radius 3 is 2.56 bits per heavy atom. The van der Waals surface area contributed by atoms with E-state index in [1.165, 1.54) is 0 Å². The number of nitrogens with zero attached hydrogens (tertiary/aromatic N) is 1. The van der Waals surface area contributed by atoms with Crippen LogP contribution in [0.25, 0.3) is 0 Å². The number of ketones is 1. The molecule has 3 aliphatic carbocycles. The number of fused-ring (bicyclic) bond motifs is 3. The van der Waals surface area contributed by atoms with Crippen molar-refractivity contribution in [1.82, 2.24) is 0 Å². The van der Waals surface area contributed by atoms with Crippen molar-refractivity contribution in [3.63, 3.8) is 0 Å². The van der Waals surface area contributed by atoms with Crippen molar-refractivity contribution in [1.29, 1.82) is 0 Å². The van der Waals surface area contributed by atoms with Gasteiger partial charge in [-0.2, -0.15) is 0 Å². The molecular formula is C27H27NO8. The van der Waals surface area contributed by atoms with Crippen LogP contribution in [0.4, 0.5) is 0 Å². The van der Waals surface area contributed by atoms with Gasteiger partial charge in [0.25, 0.3) is 0 Å². The Morgan fingerprint density at radius 2 is 1.75 bits per heavy atom. The average Bonchev–Trinajstić information content (AvgIpc) is 3.79. The van der Waals surface area contributed by atoms with Gasteiger partial charge in [0.05, 0.1) is 30.0 Å². The molecule has 1 aromatic carbocycles. The number of Topliss-reactive ketones (excluding diaryl/α,β-unsaturated/α-hetero) is 1. The summed E-state index contributed by atoms with van der Waals surface area (Å²) >= 11 is 0. The maximum Gasteiger partial charge on any atom is 0.190 e. The molecule has 9 heteroatoms. The van der Waals surface area contributed by atoms with E-state index in [1.807, 2.05) is 44.2 Å². The van der Waals surface area contributed by atoms with E-state index in [9.17, 15) is 15.0 Å². The fraction of sp³-hybridized carbons (Fsp3) is 0.556. The number of benzene rings is 1. The van der Waals surface area contributed by atoms with Gasteiger partial charge in [-0.1, -0.05) is 35.5 Å². The van der Waals surface area contributed by atoms with E-state index in [4.69, 9.17) is 23.8 Å². The van der Waals surface area contributed by atoms with Crippen LogP contribution in [-0.4, -0.2) is 76.6 Å². The normalized spacial score (nSPS) is 50.2. The standard InChI is InChI=1S/C27H27NO8/c1-10-14-15-16(20(31)23-22(35-23)19(15)30)26(34-10)27-13(9-32-11(2)17(14)27)18(29)21-24(36-21)25(27)28-33-8-12-6-4-3-5-7-12/h3-7,9-11,14,17-18,20-24,26,29,31H,8H2,1-2H3/b28-25+/t10-,11+,14?,17-,18-,20-,21+,22+,23+,24-,26+,27-/m0/s1. The van der Waals surface area contributed by atoms with Crippen molar-refractivity contribution in [2.24, 2.45) is 22.4 Å². The highest BCUT2D eigenvalue weighted by molar-refractivity contribution is 6.07. The van der Waals surface area contributed by atoms with Crippen LogP contribution in [-0.2, 0) is 35.2 Å². The lowest BCUT2D eigenvalue weighted by Crippen LogP contribution is -2.72. The van der Waals surface area contributed by atoms with Crippen molar-refractivity contribution in [2.75, 3.05) is 0 Å². The van der Waals surface area contributed by atoms with E-state index in [0.717, 1.165) is 5.56 Å². The number of hydrogen-bond acceptors (Lipinski definition) is 9. The molecule has 4 fully saturated rings. The Labute approximate surface area is 207 Å². The second kappa shape index (κ2) is 7.05. The Balaban J connectivity index is 1.31. The summed E-state index contributed by atoms with van der Waals surface area (Å²) < 4.78 is 24.2. The van der Waals surface area contributed by atoms with Gasteiger partial charge < -0.3 is 34.0 Å². The summed E-state index contributed by atoms with van der Waals surface area (Å²) in [5.74, 6) is -0.701. The first-order chi connectivity index (χ1) is 17.4. The average molecular weight is 494 g/mol. The monoisotopic (exact) mass is 493 g/mol. The summed E-state index contributed by atoms with van der Waals surface area (Å²) in [4.78, 5) is 19.3. The van der Waals surface area contributed by atoms with Crippen LogP contribution in [0.3, 0.4) is 0 Å². The zero-order valence-corrected chi connectivity index (χ0v) is 19.8. The Kier molecular flexibility index (Phi) is 4.21. The quantitative estimate of drug-likeness (QED) is 0.473. The molecular weight excluding hydrogens is 466 g/mol. The molecule has 5 aliphatic heterocycles. The molecule has 0 aromatic heterocycles. The molecule has 0 amide bonds. The van der Waals surface area contributed by atoms with E-state index in [-0.39, 0.29) is 36.4 Å². The maximum atomic E-state index is 13.4. The van der Waals surface area contributed by atoms with Crippen molar-refractivity contribution < 1.29 is 38.8 Å². The molecule has 1 unspecified atom stereocenters. The summed E-state index contributed by atoms with van der Waals surface area (Å²) in [6.45, 7) is 4.20. The third-order valence-corrected chi connectivity index (χ3v) is 9.27. The Morgan fingerprint density at radius 1 is 1.00 bits per heavy atom. The van der Waals surface area contributed by atoms with E-state index < -0.39 is 48.1 Å². The zero-order chi connectivity index (χ0) is 24.5. The highest BCUT2D eigenvalue weighted by Crippen LogP contribution is 2.68. The van der Waals surface area contributed by atoms with E-state index in [0.29, 0.717) is 22.4 Å². The van der Waals surface area contributed by atoms with Crippen LogP contribution in [0.15, 0.2) is 58.5 Å². The SMILES string of the molecule is C[C@@H]1O[C@@H]2C3=C(C(=O)[C@H]4O[C@@H]4[C@H]3O)C1[C@@H]1[C@@H](C)OC=C3[C@H](O)[C@H]4O[C@@H]4/C(=N\OCc4ccccc4)[C@@]321. The number of aliphatic hydroxyl groups excluding tert-OH is 2. The third-order valence-electron chi connectivity index (χ3n) is 9.27. The lowest BCUT2D eigenvalue weighted by Gasteiger charge is -2.64. The minimum atomic E-state index is -0.968. The van der Waals surface area contributed by atoms with Crippen molar-refractivity contribution >= 4 is 11.5 Å². The first-order valence-electron chi connectivity index (χ1n) is 12.7. The predicted octanol–water partition coefficient (Wildman–Crippen LogP) is 1.03. The van der Waals surface area contributed by atoms with Crippen LogP contribution in [0.1, 0.15) is 19.4 Å². The molecule has 1 spiro atoms. The summed E-state index contributed by atoms with van der Waals surface area (Å²) in [5, 5.41) is 27.3. The Bertz CT molecular complexity index is 1260. The second-order valence-corrected chi connectivity index (χ2v) is 11.0. The molecule has 0 radical (unpaired) electrons. The second-order valence-electron chi connectivity index (χ2n) is 11.0. The number of oxime groups is 1. The van der Waals surface area contributed by atoms with Crippen molar-refractivity contribution in [3.05, 3.63) is 58.9 Å². The predicted molar refractivity (Wildman–Crippen MR) is 122 cm³/mol. The van der Waals surface area contributed by atoms with Gasteiger partial charge in [-0.15, -0.1) is 0 Å². The van der Waals surface area contributed by atoms with Gasteiger partial charge in [-0.25, -0.2) is 0 Å². The molecule has 8 aliphatic rings. The first kappa shape index (κ1) is 21.5. The summed E-state index contributed by atoms with van der Waals surface area (Å²) in [6, 6.07) is 9.75. The highest BCUT2D eigenvalue weighted by Gasteiger charge is 2.78. The van der Waals surface area contributed by atoms with E-state index in [1.54, 1.807) is 6.26 Å². The fourth-order valence-corrected chi connectivity index (χ4v) is 7.76. The Hall–Kier alpha value is -2.56. The van der Waals surface area contributed by atoms with Gasteiger partial charge in [0.15, 0.2) is 5.78 Å². The maximum absolute atomic E-state index is 13.4. The zero-order valence-electron chi connectivity index (χ0n) is 19.8. The van der Waals surface area contributed by atoms with Gasteiger partial charge in [0.1, 0.15) is 48.9 Å². The largest absolute Gasteiger partial charge is 0.498 e. The molecule has 9 rings (SSSR count). The number of aliphatic hydroxyl groups is 2. The molecule has 36 heavy (non-hydrogen) atoms. The van der Waals surface area contributed by atoms with Crippen LogP contribution < -0.4 is 0 Å². The third kappa shape index (κ3) is 2.48. The number of carbonyl (C=O) groups is 1. The smallest absolute Gasteiger partial charge is 0.190 e. The van der Waals surface area contributed by atoms with Gasteiger partial charge in [0.2, 0.25) is 0 Å². The lowest BCUT2D eigenvalue weighted by molar-refractivity contribution is -0.187. The molecule has 5 heterocycles. The van der Waals surface area contributed by atoms with Crippen LogP contribution in [0, 0.1) is 17.3 Å². The van der Waals surface area contributed by atoms with Gasteiger partial charge in [0, 0.05) is 23.0 Å². The highest BCUT2D eigenvalue weighted by atomic mass is 16.6. The molecule has 2 bridgehead atoms. The van der Waals surface area contributed by atoms with Crippen molar-refractivity contribution in [3.8, 4) is 0 Å². The minimum Gasteiger partial charge on any atom is -0.498 e. The fourth-order valence-electron chi connectivity index (χ4n) is 7.76.